The highest BCUT2D eigenvalue weighted by Gasteiger charge is 2.11. The van der Waals surface area contributed by atoms with Gasteiger partial charge in [-0.3, -0.25) is 0 Å². The van der Waals surface area contributed by atoms with E-state index in [0.717, 1.165) is 5.56 Å². The van der Waals surface area contributed by atoms with E-state index in [9.17, 15) is 4.79 Å². The molecule has 0 fully saturated rings. The quantitative estimate of drug-likeness (QED) is 0.812. The van der Waals surface area contributed by atoms with Gasteiger partial charge >= 0.3 is 5.97 Å². The zero-order valence-corrected chi connectivity index (χ0v) is 9.88. The Bertz CT molecular complexity index is 593. The number of nitrogens with two attached hydrogens (primary N) is 1. The Morgan fingerprint density at radius 1 is 1.22 bits per heavy atom. The van der Waals surface area contributed by atoms with E-state index in [1.807, 2.05) is 6.92 Å². The van der Waals surface area contributed by atoms with Crippen molar-refractivity contribution in [1.29, 1.82) is 0 Å². The van der Waals surface area contributed by atoms with E-state index < -0.39 is 5.97 Å². The number of hydrogen-bond acceptors (Lipinski definition) is 3. The maximum Gasteiger partial charge on any atom is 0.339 e. The third-order valence-corrected chi connectivity index (χ3v) is 2.59. The summed E-state index contributed by atoms with van der Waals surface area (Å²) in [6.45, 7) is 1.87. The first-order chi connectivity index (χ1) is 8.58. The molecule has 4 nitrogen and oxygen atoms in total. The van der Waals surface area contributed by atoms with Gasteiger partial charge in [-0.15, -0.1) is 0 Å². The second-order valence-corrected chi connectivity index (χ2v) is 3.92. The second-order valence-electron chi connectivity index (χ2n) is 3.92. The Hall–Kier alpha value is -2.49. The van der Waals surface area contributed by atoms with E-state index in [2.05, 4.69) is 0 Å². The van der Waals surface area contributed by atoms with Crippen LogP contribution in [0.4, 0.5) is 5.69 Å². The number of nitrogen functional groups attached to an aromatic ring is 1. The van der Waals surface area contributed by atoms with Crippen molar-refractivity contribution >= 4 is 11.7 Å². The molecule has 4 heteroatoms. The highest BCUT2D eigenvalue weighted by Crippen LogP contribution is 2.27. The maximum atomic E-state index is 11.0. The van der Waals surface area contributed by atoms with E-state index in [1.165, 1.54) is 6.07 Å². The number of carboxylic acids is 1. The fourth-order valence-corrected chi connectivity index (χ4v) is 1.57. The minimum Gasteiger partial charge on any atom is -0.478 e. The van der Waals surface area contributed by atoms with E-state index in [1.54, 1.807) is 36.4 Å². The molecule has 0 atom stereocenters. The number of anilines is 1. The summed E-state index contributed by atoms with van der Waals surface area (Å²) in [6, 6.07) is 11.7. The van der Waals surface area contributed by atoms with E-state index in [-0.39, 0.29) is 5.56 Å². The number of benzene rings is 2. The molecular weight excluding hydrogens is 230 g/mol. The van der Waals surface area contributed by atoms with Crippen molar-refractivity contribution in [3.8, 4) is 11.5 Å². The molecule has 0 radical (unpaired) electrons. The fraction of sp³-hybridized carbons (Fsp3) is 0.0714. The molecule has 0 amide bonds. The third kappa shape index (κ3) is 2.43. The molecule has 0 aliphatic rings. The van der Waals surface area contributed by atoms with E-state index in [4.69, 9.17) is 15.6 Å². The minimum atomic E-state index is -1.02. The van der Waals surface area contributed by atoms with Crippen molar-refractivity contribution in [3.05, 3.63) is 53.6 Å². The first kappa shape index (κ1) is 12.0. The van der Waals surface area contributed by atoms with Gasteiger partial charge in [-0.25, -0.2) is 4.79 Å². The zero-order valence-electron chi connectivity index (χ0n) is 9.88. The number of para-hydroxylation sites is 1. The van der Waals surface area contributed by atoms with Crippen molar-refractivity contribution in [2.45, 2.75) is 6.92 Å². The van der Waals surface area contributed by atoms with Gasteiger partial charge in [-0.2, -0.15) is 0 Å². The standard InChI is InChI=1S/C14H13NO3/c1-9-8-10(6-7-12(9)15)18-13-5-3-2-4-11(13)14(16)17/h2-8H,15H2,1H3,(H,16,17). The van der Waals surface area contributed by atoms with Crippen molar-refractivity contribution < 1.29 is 14.6 Å². The Kier molecular flexibility index (Phi) is 3.19. The van der Waals surface area contributed by atoms with Crippen LogP contribution in [-0.2, 0) is 0 Å². The van der Waals surface area contributed by atoms with Gasteiger partial charge in [0.05, 0.1) is 0 Å². The summed E-state index contributed by atoms with van der Waals surface area (Å²) >= 11 is 0. The van der Waals surface area contributed by atoms with Crippen molar-refractivity contribution in [3.63, 3.8) is 0 Å². The van der Waals surface area contributed by atoms with Crippen LogP contribution in [0.5, 0.6) is 11.5 Å². The smallest absolute Gasteiger partial charge is 0.339 e. The van der Waals surface area contributed by atoms with Gasteiger partial charge in [-0.05, 0) is 42.8 Å². The Morgan fingerprint density at radius 2 is 1.94 bits per heavy atom. The summed E-state index contributed by atoms with van der Waals surface area (Å²) in [7, 11) is 0. The van der Waals surface area contributed by atoms with Crippen LogP contribution < -0.4 is 10.5 Å². The average molecular weight is 243 g/mol. The molecule has 0 bridgehead atoms. The predicted octanol–water partition coefficient (Wildman–Crippen LogP) is 3.07. The summed E-state index contributed by atoms with van der Waals surface area (Å²) in [5.74, 6) is -0.137. The summed E-state index contributed by atoms with van der Waals surface area (Å²) < 4.78 is 5.57. The van der Waals surface area contributed by atoms with Gasteiger partial charge in [0.2, 0.25) is 0 Å². The largest absolute Gasteiger partial charge is 0.478 e. The van der Waals surface area contributed by atoms with Gasteiger partial charge in [0.15, 0.2) is 0 Å². The molecule has 0 unspecified atom stereocenters. The molecule has 2 rings (SSSR count). The van der Waals surface area contributed by atoms with Crippen LogP contribution in [0.3, 0.4) is 0 Å². The van der Waals surface area contributed by atoms with E-state index in [0.29, 0.717) is 17.2 Å². The molecule has 0 saturated carbocycles. The maximum absolute atomic E-state index is 11.0. The van der Waals surface area contributed by atoms with Gasteiger partial charge in [0, 0.05) is 5.69 Å². The first-order valence-corrected chi connectivity index (χ1v) is 5.44. The lowest BCUT2D eigenvalue weighted by Gasteiger charge is -2.09. The van der Waals surface area contributed by atoms with Gasteiger partial charge in [-0.1, -0.05) is 12.1 Å². The van der Waals surface area contributed by atoms with Crippen molar-refractivity contribution in [1.82, 2.24) is 0 Å². The minimum absolute atomic E-state index is 0.131. The Balaban J connectivity index is 2.34. The molecule has 0 saturated heterocycles. The van der Waals surface area contributed by atoms with Crippen LogP contribution >= 0.6 is 0 Å². The number of carboxylic acid groups (broad SMARTS) is 1. The normalized spacial score (nSPS) is 10.1. The van der Waals surface area contributed by atoms with Crippen molar-refractivity contribution in [2.75, 3.05) is 5.73 Å². The molecule has 92 valence electrons. The lowest BCUT2D eigenvalue weighted by atomic mass is 10.2. The fourth-order valence-electron chi connectivity index (χ4n) is 1.57. The third-order valence-electron chi connectivity index (χ3n) is 2.59. The molecule has 0 aromatic heterocycles. The molecule has 0 spiro atoms. The van der Waals surface area contributed by atoms with Gasteiger partial charge < -0.3 is 15.6 Å². The average Bonchev–Trinajstić information content (AvgIpc) is 2.34. The predicted molar refractivity (Wildman–Crippen MR) is 69.1 cm³/mol. The monoisotopic (exact) mass is 243 g/mol. The highest BCUT2D eigenvalue weighted by molar-refractivity contribution is 5.90. The Labute approximate surface area is 105 Å². The van der Waals surface area contributed by atoms with Crippen LogP contribution in [0.15, 0.2) is 42.5 Å². The highest BCUT2D eigenvalue weighted by atomic mass is 16.5. The number of rotatable bonds is 3. The SMILES string of the molecule is Cc1cc(Oc2ccccc2C(=O)O)ccc1N. The topological polar surface area (TPSA) is 72.5 Å². The molecule has 2 aromatic carbocycles. The van der Waals surface area contributed by atoms with Crippen LogP contribution in [0, 0.1) is 6.92 Å². The number of carbonyl (C=O) groups is 1. The first-order valence-electron chi connectivity index (χ1n) is 5.44. The van der Waals surface area contributed by atoms with Crippen molar-refractivity contribution in [2.24, 2.45) is 0 Å². The van der Waals surface area contributed by atoms with E-state index >= 15 is 0 Å². The summed E-state index contributed by atoms with van der Waals surface area (Å²) in [5, 5.41) is 9.04. The van der Waals surface area contributed by atoms with Crippen LogP contribution in [0.2, 0.25) is 0 Å². The Morgan fingerprint density at radius 3 is 2.61 bits per heavy atom. The van der Waals surface area contributed by atoms with Gasteiger partial charge in [0.25, 0.3) is 0 Å². The molecular formula is C14H13NO3. The van der Waals surface area contributed by atoms with Crippen LogP contribution in [0.25, 0.3) is 0 Å². The lowest BCUT2D eigenvalue weighted by molar-refractivity contribution is 0.0694. The summed E-state index contributed by atoms with van der Waals surface area (Å²) in [4.78, 5) is 11.0. The summed E-state index contributed by atoms with van der Waals surface area (Å²) in [5.41, 5.74) is 7.41. The van der Waals surface area contributed by atoms with Crippen LogP contribution in [0.1, 0.15) is 15.9 Å². The molecule has 18 heavy (non-hydrogen) atoms. The van der Waals surface area contributed by atoms with Gasteiger partial charge in [0.1, 0.15) is 17.1 Å². The molecule has 0 aliphatic heterocycles. The number of aromatic carboxylic acids is 1. The number of hydrogen-bond donors (Lipinski definition) is 2. The lowest BCUT2D eigenvalue weighted by Crippen LogP contribution is -1.99. The van der Waals surface area contributed by atoms with Crippen LogP contribution in [-0.4, -0.2) is 11.1 Å². The molecule has 0 heterocycles. The number of aryl methyl sites for hydroxylation is 1. The summed E-state index contributed by atoms with van der Waals surface area (Å²) in [6.07, 6.45) is 0. The molecule has 2 aromatic rings. The molecule has 0 aliphatic carbocycles. The number of ether oxygens (including phenoxy) is 1. The molecule has 3 N–H and O–H groups in total. The second kappa shape index (κ2) is 4.79. The zero-order chi connectivity index (χ0) is 13.1.